The van der Waals surface area contributed by atoms with E-state index < -0.39 is 17.9 Å². The maximum absolute atomic E-state index is 12.4. The highest BCUT2D eigenvalue weighted by Crippen LogP contribution is 2.18. The highest BCUT2D eigenvalue weighted by molar-refractivity contribution is 5.86. The number of methoxy groups -OCH3 is 1. The van der Waals surface area contributed by atoms with Gasteiger partial charge in [-0.25, -0.2) is 4.79 Å². The van der Waals surface area contributed by atoms with Crippen molar-refractivity contribution >= 4 is 17.8 Å². The highest BCUT2D eigenvalue weighted by Gasteiger charge is 2.30. The molecule has 148 valence electrons. The first-order valence-corrected chi connectivity index (χ1v) is 8.99. The van der Waals surface area contributed by atoms with Crippen LogP contribution in [-0.2, 0) is 19.1 Å². The molecule has 8 nitrogen and oxygen atoms in total. The van der Waals surface area contributed by atoms with Crippen LogP contribution in [0.3, 0.4) is 0 Å². The van der Waals surface area contributed by atoms with E-state index in [1.807, 2.05) is 30.3 Å². The molecule has 0 bridgehead atoms. The van der Waals surface area contributed by atoms with E-state index in [1.54, 1.807) is 4.90 Å². The lowest BCUT2D eigenvalue weighted by Gasteiger charge is -2.32. The van der Waals surface area contributed by atoms with Gasteiger partial charge in [-0.2, -0.15) is 0 Å². The SMILES string of the molecule is COCC(NC(=O)C1CCCN(C(=O)CCOc2ccccc2)C1)C(=O)O. The van der Waals surface area contributed by atoms with Crippen molar-refractivity contribution in [2.45, 2.75) is 25.3 Å². The number of para-hydroxylation sites is 1. The van der Waals surface area contributed by atoms with Crippen molar-refractivity contribution in [1.82, 2.24) is 10.2 Å². The Bertz CT molecular complexity index is 636. The van der Waals surface area contributed by atoms with Gasteiger partial charge in [0.05, 0.1) is 25.6 Å². The van der Waals surface area contributed by atoms with E-state index in [0.29, 0.717) is 25.1 Å². The number of amides is 2. The van der Waals surface area contributed by atoms with E-state index >= 15 is 0 Å². The first-order chi connectivity index (χ1) is 13.0. The fraction of sp³-hybridized carbons (Fsp3) is 0.526. The molecule has 2 N–H and O–H groups in total. The molecule has 1 fully saturated rings. The van der Waals surface area contributed by atoms with Gasteiger partial charge in [0.1, 0.15) is 5.75 Å². The van der Waals surface area contributed by atoms with E-state index in [9.17, 15) is 14.4 Å². The van der Waals surface area contributed by atoms with E-state index in [4.69, 9.17) is 14.6 Å². The van der Waals surface area contributed by atoms with Crippen molar-refractivity contribution in [3.8, 4) is 5.75 Å². The highest BCUT2D eigenvalue weighted by atomic mass is 16.5. The topological polar surface area (TPSA) is 105 Å². The molecule has 2 rings (SSSR count). The number of likely N-dealkylation sites (tertiary alicyclic amines) is 1. The van der Waals surface area contributed by atoms with Gasteiger partial charge in [0.2, 0.25) is 11.8 Å². The minimum absolute atomic E-state index is 0.0740. The van der Waals surface area contributed by atoms with Gasteiger partial charge in [0.25, 0.3) is 0 Å². The van der Waals surface area contributed by atoms with Crippen LogP contribution >= 0.6 is 0 Å². The zero-order valence-corrected chi connectivity index (χ0v) is 15.4. The molecule has 2 unspecified atom stereocenters. The first-order valence-electron chi connectivity index (χ1n) is 8.99. The molecule has 0 radical (unpaired) electrons. The third-order valence-electron chi connectivity index (χ3n) is 4.42. The number of nitrogens with zero attached hydrogens (tertiary/aromatic N) is 1. The summed E-state index contributed by atoms with van der Waals surface area (Å²) in [5.41, 5.74) is 0. The van der Waals surface area contributed by atoms with E-state index in [0.717, 1.165) is 0 Å². The zero-order valence-electron chi connectivity index (χ0n) is 15.4. The number of rotatable bonds is 9. The third kappa shape index (κ3) is 6.56. The van der Waals surface area contributed by atoms with Crippen LogP contribution in [0.25, 0.3) is 0 Å². The molecule has 1 aliphatic heterocycles. The van der Waals surface area contributed by atoms with Crippen LogP contribution < -0.4 is 10.1 Å². The first kappa shape index (κ1) is 20.7. The van der Waals surface area contributed by atoms with Crippen molar-refractivity contribution in [2.75, 3.05) is 33.4 Å². The zero-order chi connectivity index (χ0) is 19.6. The molecule has 27 heavy (non-hydrogen) atoms. The van der Waals surface area contributed by atoms with Gasteiger partial charge in [-0.1, -0.05) is 18.2 Å². The van der Waals surface area contributed by atoms with Gasteiger partial charge < -0.3 is 24.8 Å². The number of carbonyl (C=O) groups excluding carboxylic acids is 2. The summed E-state index contributed by atoms with van der Waals surface area (Å²) in [6.45, 7) is 1.04. The molecule has 0 saturated carbocycles. The summed E-state index contributed by atoms with van der Waals surface area (Å²) < 4.78 is 10.4. The number of carbonyl (C=O) groups is 3. The second kappa shape index (κ2) is 10.5. The molecule has 1 saturated heterocycles. The molecule has 1 aromatic carbocycles. The number of nitrogens with one attached hydrogen (secondary N) is 1. The molecule has 0 aromatic heterocycles. The average Bonchev–Trinajstić information content (AvgIpc) is 2.68. The molecular formula is C19H26N2O6. The third-order valence-corrected chi connectivity index (χ3v) is 4.42. The quantitative estimate of drug-likeness (QED) is 0.662. The van der Waals surface area contributed by atoms with Gasteiger partial charge >= 0.3 is 5.97 Å². The smallest absolute Gasteiger partial charge is 0.328 e. The summed E-state index contributed by atoms with van der Waals surface area (Å²) in [6.07, 6.45) is 1.55. The Morgan fingerprint density at radius 1 is 1.30 bits per heavy atom. The lowest BCUT2D eigenvalue weighted by Crippen LogP contribution is -2.50. The summed E-state index contributed by atoms with van der Waals surface area (Å²) in [5.74, 6) is -1.30. The Morgan fingerprint density at radius 2 is 2.04 bits per heavy atom. The fourth-order valence-electron chi connectivity index (χ4n) is 2.98. The van der Waals surface area contributed by atoms with E-state index in [2.05, 4.69) is 5.32 Å². The standard InChI is InChI=1S/C19H26N2O6/c1-26-13-16(19(24)25)20-18(23)14-6-5-10-21(12-14)17(22)9-11-27-15-7-3-2-4-8-15/h2-4,7-8,14,16H,5-6,9-13H2,1H3,(H,20,23)(H,24,25). The summed E-state index contributed by atoms with van der Waals surface area (Å²) >= 11 is 0. The van der Waals surface area contributed by atoms with Crippen molar-refractivity contribution in [3.63, 3.8) is 0 Å². The number of aliphatic carboxylic acids is 1. The van der Waals surface area contributed by atoms with Gasteiger partial charge in [-0.3, -0.25) is 9.59 Å². The van der Waals surface area contributed by atoms with Crippen LogP contribution in [-0.4, -0.2) is 67.2 Å². The van der Waals surface area contributed by atoms with Gasteiger partial charge in [-0.15, -0.1) is 0 Å². The van der Waals surface area contributed by atoms with Crippen LogP contribution in [0.2, 0.25) is 0 Å². The van der Waals surface area contributed by atoms with Crippen LogP contribution in [0.15, 0.2) is 30.3 Å². The molecule has 0 spiro atoms. The summed E-state index contributed by atoms with van der Waals surface area (Å²) in [4.78, 5) is 37.5. The minimum Gasteiger partial charge on any atom is -0.493 e. The Morgan fingerprint density at radius 3 is 2.70 bits per heavy atom. The molecule has 8 heteroatoms. The lowest BCUT2D eigenvalue weighted by molar-refractivity contribution is -0.145. The van der Waals surface area contributed by atoms with Crippen molar-refractivity contribution in [1.29, 1.82) is 0 Å². The van der Waals surface area contributed by atoms with Crippen LogP contribution in [0, 0.1) is 5.92 Å². The maximum atomic E-state index is 12.4. The fourth-order valence-corrected chi connectivity index (χ4v) is 2.98. The molecule has 2 atom stereocenters. The molecular weight excluding hydrogens is 352 g/mol. The number of ether oxygens (including phenoxy) is 2. The Kier molecular flexibility index (Phi) is 8.06. The summed E-state index contributed by atoms with van der Waals surface area (Å²) in [6, 6.07) is 8.17. The van der Waals surface area contributed by atoms with Gasteiger partial charge in [0.15, 0.2) is 6.04 Å². The number of benzene rings is 1. The summed E-state index contributed by atoms with van der Waals surface area (Å²) in [7, 11) is 1.38. The van der Waals surface area contributed by atoms with E-state index in [-0.39, 0.29) is 38.0 Å². The van der Waals surface area contributed by atoms with Gasteiger partial charge in [0, 0.05) is 20.2 Å². The number of carboxylic acids is 1. The van der Waals surface area contributed by atoms with Crippen LogP contribution in [0.1, 0.15) is 19.3 Å². The predicted octanol–water partition coefficient (Wildman–Crippen LogP) is 0.910. The molecule has 2 amide bonds. The van der Waals surface area contributed by atoms with Crippen molar-refractivity contribution in [3.05, 3.63) is 30.3 Å². The Balaban J connectivity index is 1.80. The minimum atomic E-state index is -1.15. The maximum Gasteiger partial charge on any atom is 0.328 e. The van der Waals surface area contributed by atoms with Crippen molar-refractivity contribution in [2.24, 2.45) is 5.92 Å². The molecule has 1 heterocycles. The number of hydrogen-bond donors (Lipinski definition) is 2. The van der Waals surface area contributed by atoms with Gasteiger partial charge in [-0.05, 0) is 25.0 Å². The molecule has 1 aromatic rings. The normalized spacial score (nSPS) is 17.8. The second-order valence-electron chi connectivity index (χ2n) is 6.45. The van der Waals surface area contributed by atoms with Crippen molar-refractivity contribution < 1.29 is 29.0 Å². The average molecular weight is 378 g/mol. The second-order valence-corrected chi connectivity index (χ2v) is 6.45. The monoisotopic (exact) mass is 378 g/mol. The lowest BCUT2D eigenvalue weighted by atomic mass is 9.96. The van der Waals surface area contributed by atoms with Crippen LogP contribution in [0.5, 0.6) is 5.75 Å². The predicted molar refractivity (Wildman–Crippen MR) is 97.3 cm³/mol. The number of piperidine rings is 1. The summed E-state index contributed by atoms with van der Waals surface area (Å²) in [5, 5.41) is 11.6. The number of carboxylic acid groups (broad SMARTS) is 1. The number of hydrogen-bond acceptors (Lipinski definition) is 5. The Labute approximate surface area is 158 Å². The largest absolute Gasteiger partial charge is 0.493 e. The molecule has 1 aliphatic rings. The Hall–Kier alpha value is -2.61. The van der Waals surface area contributed by atoms with E-state index in [1.165, 1.54) is 7.11 Å². The van der Waals surface area contributed by atoms with Crippen LogP contribution in [0.4, 0.5) is 0 Å². The molecule has 0 aliphatic carbocycles.